The van der Waals surface area contributed by atoms with Crippen molar-refractivity contribution in [3.8, 4) is 0 Å². The van der Waals surface area contributed by atoms with Crippen LogP contribution in [0, 0.1) is 0 Å². The number of amides is 1. The Bertz CT molecular complexity index is 851. The number of aromatic nitrogens is 2. The summed E-state index contributed by atoms with van der Waals surface area (Å²) in [6.45, 7) is 0. The Morgan fingerprint density at radius 1 is 1.38 bits per heavy atom. The van der Waals surface area contributed by atoms with Crippen molar-refractivity contribution in [1.29, 1.82) is 0 Å². The number of halogens is 2. The summed E-state index contributed by atoms with van der Waals surface area (Å²) in [5.74, 6) is -0.287. The third kappa shape index (κ3) is 2.72. The third-order valence-corrected chi connectivity index (χ3v) is 5.12. The highest BCUT2D eigenvalue weighted by Crippen LogP contribution is 2.32. The molecule has 1 amide bonds. The predicted molar refractivity (Wildman–Crippen MR) is 88.9 cm³/mol. The number of carbonyl (C=O) groups is 1. The Hall–Kier alpha value is -1.70. The van der Waals surface area contributed by atoms with E-state index in [0.29, 0.717) is 30.6 Å². The van der Waals surface area contributed by atoms with Gasteiger partial charge in [-0.1, -0.05) is 11.6 Å². The quantitative estimate of drug-likeness (QED) is 0.702. The van der Waals surface area contributed by atoms with Gasteiger partial charge in [-0.3, -0.25) is 4.79 Å². The fraction of sp³-hybridized carbons (Fsp3) is 0. The average Bonchev–Trinajstić information content (AvgIpc) is 2.81. The van der Waals surface area contributed by atoms with Crippen LogP contribution in [0.3, 0.4) is 0 Å². The molecule has 0 saturated heterocycles. The molecule has 0 bridgehead atoms. The first-order valence-corrected chi connectivity index (χ1v) is 7.81. The zero-order valence-corrected chi connectivity index (χ0v) is 13.6. The van der Waals surface area contributed by atoms with Crippen molar-refractivity contribution in [3.05, 3.63) is 44.8 Å². The molecule has 21 heavy (non-hydrogen) atoms. The van der Waals surface area contributed by atoms with E-state index >= 15 is 0 Å². The topological polar surface area (TPSA) is 80.9 Å². The molecule has 3 rings (SSSR count). The van der Waals surface area contributed by atoms with Crippen molar-refractivity contribution in [1.82, 2.24) is 10.2 Å². The van der Waals surface area contributed by atoms with Gasteiger partial charge >= 0.3 is 0 Å². The van der Waals surface area contributed by atoms with E-state index in [9.17, 15) is 4.79 Å². The number of hydrogen-bond acceptors (Lipinski definition) is 5. The lowest BCUT2D eigenvalue weighted by Gasteiger charge is -2.05. The first kappa shape index (κ1) is 14.2. The predicted octanol–water partition coefficient (Wildman–Crippen LogP) is 3.94. The first-order chi connectivity index (χ1) is 10.1. The molecule has 8 heteroatoms. The normalized spacial score (nSPS) is 10.8. The van der Waals surface area contributed by atoms with E-state index in [4.69, 9.17) is 17.3 Å². The molecule has 0 aliphatic heterocycles. The first-order valence-electron chi connectivity index (χ1n) is 5.82. The summed E-state index contributed by atoms with van der Waals surface area (Å²) >= 11 is 10.4. The molecular weight excluding hydrogens is 376 g/mol. The van der Waals surface area contributed by atoms with Gasteiger partial charge in [0.25, 0.3) is 5.91 Å². The average molecular weight is 384 g/mol. The van der Waals surface area contributed by atoms with E-state index < -0.39 is 0 Å². The van der Waals surface area contributed by atoms with Crippen LogP contribution < -0.4 is 11.1 Å². The van der Waals surface area contributed by atoms with E-state index in [1.54, 1.807) is 30.5 Å². The summed E-state index contributed by atoms with van der Waals surface area (Å²) in [5, 5.41) is 11.8. The number of anilines is 2. The van der Waals surface area contributed by atoms with Gasteiger partial charge in [-0.2, -0.15) is 5.10 Å². The maximum Gasteiger partial charge on any atom is 0.267 e. The summed E-state index contributed by atoms with van der Waals surface area (Å²) in [5.41, 5.74) is 7.04. The Morgan fingerprint density at radius 2 is 2.19 bits per heavy atom. The van der Waals surface area contributed by atoms with Gasteiger partial charge in [-0.25, -0.2) is 0 Å². The van der Waals surface area contributed by atoms with Crippen LogP contribution in [0.4, 0.5) is 11.4 Å². The van der Waals surface area contributed by atoms with Gasteiger partial charge in [0.1, 0.15) is 9.71 Å². The van der Waals surface area contributed by atoms with Crippen molar-refractivity contribution < 1.29 is 4.79 Å². The number of hydrogen-bond donors (Lipinski definition) is 2. The Morgan fingerprint density at radius 3 is 2.90 bits per heavy atom. The van der Waals surface area contributed by atoms with Gasteiger partial charge in [-0.15, -0.1) is 16.4 Å². The summed E-state index contributed by atoms with van der Waals surface area (Å²) in [6, 6.07) is 6.88. The van der Waals surface area contributed by atoms with Gasteiger partial charge in [0.05, 0.1) is 16.9 Å². The van der Waals surface area contributed by atoms with Crippen molar-refractivity contribution in [2.24, 2.45) is 0 Å². The van der Waals surface area contributed by atoms with Crippen LogP contribution in [-0.2, 0) is 0 Å². The van der Waals surface area contributed by atoms with Crippen LogP contribution in [0.15, 0.2) is 34.9 Å². The number of fused-ring (bicyclic) bond motifs is 1. The molecule has 5 nitrogen and oxygen atoms in total. The summed E-state index contributed by atoms with van der Waals surface area (Å²) < 4.78 is 0.706. The SMILES string of the molecule is Nc1c(C(=O)Nc2ccc(Cl)c(Br)c2)sc2nnccc12. The van der Waals surface area contributed by atoms with E-state index in [0.717, 1.165) is 5.39 Å². The maximum atomic E-state index is 12.3. The van der Waals surface area contributed by atoms with E-state index in [1.807, 2.05) is 0 Å². The molecule has 0 atom stereocenters. The van der Waals surface area contributed by atoms with Gasteiger partial charge < -0.3 is 11.1 Å². The summed E-state index contributed by atoms with van der Waals surface area (Å²) in [4.78, 5) is 13.4. The van der Waals surface area contributed by atoms with Crippen LogP contribution in [0.25, 0.3) is 10.2 Å². The zero-order valence-electron chi connectivity index (χ0n) is 10.4. The van der Waals surface area contributed by atoms with Crippen LogP contribution in [0.2, 0.25) is 5.02 Å². The van der Waals surface area contributed by atoms with Crippen molar-refractivity contribution in [2.45, 2.75) is 0 Å². The second-order valence-corrected chi connectivity index (χ2v) is 6.44. The molecule has 0 aliphatic rings. The molecule has 106 valence electrons. The Kier molecular flexibility index (Phi) is 3.79. The van der Waals surface area contributed by atoms with Crippen LogP contribution in [0.5, 0.6) is 0 Å². The molecule has 0 unspecified atom stereocenters. The van der Waals surface area contributed by atoms with Gasteiger partial charge in [0.2, 0.25) is 0 Å². The highest BCUT2D eigenvalue weighted by molar-refractivity contribution is 9.10. The number of nitrogens with one attached hydrogen (secondary N) is 1. The van der Waals surface area contributed by atoms with Crippen molar-refractivity contribution >= 4 is 66.4 Å². The number of nitrogen functional groups attached to an aromatic ring is 1. The minimum atomic E-state index is -0.287. The third-order valence-electron chi connectivity index (χ3n) is 2.80. The molecule has 3 N–H and O–H groups in total. The number of thiophene rings is 1. The molecule has 0 spiro atoms. The molecule has 1 aromatic carbocycles. The fourth-order valence-electron chi connectivity index (χ4n) is 1.80. The number of carbonyl (C=O) groups excluding carboxylic acids is 1. The zero-order chi connectivity index (χ0) is 15.0. The molecule has 0 radical (unpaired) electrons. The van der Waals surface area contributed by atoms with E-state index in [1.165, 1.54) is 11.3 Å². The smallest absolute Gasteiger partial charge is 0.267 e. The van der Waals surface area contributed by atoms with Gasteiger partial charge in [0.15, 0.2) is 0 Å². The lowest BCUT2D eigenvalue weighted by atomic mass is 10.2. The second-order valence-electron chi connectivity index (χ2n) is 4.18. The van der Waals surface area contributed by atoms with Crippen molar-refractivity contribution in [3.63, 3.8) is 0 Å². The minimum absolute atomic E-state index is 0.287. The van der Waals surface area contributed by atoms with E-state index in [-0.39, 0.29) is 5.91 Å². The van der Waals surface area contributed by atoms with Crippen LogP contribution in [-0.4, -0.2) is 16.1 Å². The minimum Gasteiger partial charge on any atom is -0.397 e. The lowest BCUT2D eigenvalue weighted by Crippen LogP contribution is -2.11. The van der Waals surface area contributed by atoms with Gasteiger partial charge in [0, 0.05) is 15.5 Å². The van der Waals surface area contributed by atoms with Crippen LogP contribution in [0.1, 0.15) is 9.67 Å². The standard InChI is InChI=1S/C13H8BrClN4OS/c14-8-5-6(1-2-9(8)15)18-12(20)11-10(16)7-3-4-17-19-13(7)21-11/h1-5H,16H2,(H,18,20). The second kappa shape index (κ2) is 5.59. The number of rotatable bonds is 2. The monoisotopic (exact) mass is 382 g/mol. The number of benzene rings is 1. The molecule has 2 heterocycles. The molecule has 3 aromatic rings. The molecule has 0 fully saturated rings. The molecular formula is C13H8BrClN4OS. The highest BCUT2D eigenvalue weighted by atomic mass is 79.9. The molecule has 0 saturated carbocycles. The number of nitrogens with two attached hydrogens (primary N) is 1. The van der Waals surface area contributed by atoms with Crippen molar-refractivity contribution in [2.75, 3.05) is 11.1 Å². The molecule has 2 aromatic heterocycles. The van der Waals surface area contributed by atoms with Gasteiger partial charge in [-0.05, 0) is 40.2 Å². The molecule has 0 aliphatic carbocycles. The van der Waals surface area contributed by atoms with Crippen LogP contribution >= 0.6 is 38.9 Å². The largest absolute Gasteiger partial charge is 0.397 e. The highest BCUT2D eigenvalue weighted by Gasteiger charge is 2.17. The Labute approximate surface area is 137 Å². The van der Waals surface area contributed by atoms with E-state index in [2.05, 4.69) is 31.4 Å². The fourth-order valence-corrected chi connectivity index (χ4v) is 3.23. The lowest BCUT2D eigenvalue weighted by molar-refractivity contribution is 0.103. The summed E-state index contributed by atoms with van der Waals surface area (Å²) in [6.07, 6.45) is 1.55. The summed E-state index contributed by atoms with van der Waals surface area (Å²) in [7, 11) is 0. The Balaban J connectivity index is 1.93. The maximum absolute atomic E-state index is 12.3. The number of nitrogens with zero attached hydrogens (tertiary/aromatic N) is 2.